The van der Waals surface area contributed by atoms with Gasteiger partial charge in [-0.25, -0.2) is 0 Å². The molecule has 0 aromatic heterocycles. The molecule has 4 rings (SSSR count). The van der Waals surface area contributed by atoms with Crippen molar-refractivity contribution in [3.05, 3.63) is 0 Å². The van der Waals surface area contributed by atoms with Gasteiger partial charge in [0.25, 0.3) is 0 Å². The minimum absolute atomic E-state index is 0.0860. The lowest BCUT2D eigenvalue weighted by molar-refractivity contribution is -0.155. The summed E-state index contributed by atoms with van der Waals surface area (Å²) < 4.78 is 4.81. The molecule has 0 aliphatic heterocycles. The van der Waals surface area contributed by atoms with Crippen molar-refractivity contribution >= 4 is 11.8 Å². The first kappa shape index (κ1) is 22.8. The standard InChI is InChI=1S/C24H38O3.C2H6/c1-23-13-5-4-7-17(23)15-20(25)22-18-11-10-16(8-6-9-21(26)27-3)24(18,2)14-12-19(22)23;1-2/h16-19,22H,4-15H2,1-3H3;1-2H3. The third kappa shape index (κ3) is 3.92. The van der Waals surface area contributed by atoms with Gasteiger partial charge in [-0.15, -0.1) is 0 Å². The van der Waals surface area contributed by atoms with Crippen molar-refractivity contribution in [1.82, 2.24) is 0 Å². The van der Waals surface area contributed by atoms with Crippen molar-refractivity contribution in [3.8, 4) is 0 Å². The summed E-state index contributed by atoms with van der Waals surface area (Å²) in [5, 5.41) is 0. The molecule has 4 fully saturated rings. The fourth-order valence-electron chi connectivity index (χ4n) is 8.14. The average Bonchev–Trinajstić information content (AvgIpc) is 3.06. The number of ether oxygens (including phenoxy) is 1. The van der Waals surface area contributed by atoms with E-state index in [1.165, 1.54) is 58.5 Å². The maximum absolute atomic E-state index is 13.3. The Balaban J connectivity index is 0.00000117. The summed E-state index contributed by atoms with van der Waals surface area (Å²) in [5.41, 5.74) is 0.728. The minimum atomic E-state index is -0.0860. The lowest BCUT2D eigenvalue weighted by atomic mass is 9.44. The van der Waals surface area contributed by atoms with Gasteiger partial charge >= 0.3 is 5.97 Å². The molecule has 0 N–H and O–H groups in total. The van der Waals surface area contributed by atoms with Gasteiger partial charge in [0, 0.05) is 18.8 Å². The molecule has 29 heavy (non-hydrogen) atoms. The zero-order valence-electron chi connectivity index (χ0n) is 19.6. The first-order valence-electron chi connectivity index (χ1n) is 12.5. The summed E-state index contributed by atoms with van der Waals surface area (Å²) in [6, 6.07) is 0. The van der Waals surface area contributed by atoms with Crippen molar-refractivity contribution in [2.24, 2.45) is 40.4 Å². The molecule has 166 valence electrons. The Morgan fingerprint density at radius 1 is 1.00 bits per heavy atom. The molecule has 4 aliphatic carbocycles. The summed E-state index contributed by atoms with van der Waals surface area (Å²) in [4.78, 5) is 24.8. The first-order chi connectivity index (χ1) is 13.9. The molecule has 3 heteroatoms. The molecule has 0 saturated heterocycles. The molecule has 0 aromatic carbocycles. The van der Waals surface area contributed by atoms with Crippen LogP contribution in [0.1, 0.15) is 105 Å². The van der Waals surface area contributed by atoms with E-state index in [2.05, 4.69) is 13.8 Å². The molecule has 7 unspecified atom stereocenters. The van der Waals surface area contributed by atoms with Gasteiger partial charge in [-0.2, -0.15) is 0 Å². The Morgan fingerprint density at radius 2 is 1.72 bits per heavy atom. The molecule has 0 heterocycles. The highest BCUT2D eigenvalue weighted by Crippen LogP contribution is 2.67. The molecule has 0 bridgehead atoms. The molecule has 0 aromatic rings. The largest absolute Gasteiger partial charge is 0.469 e. The number of hydrogen-bond acceptors (Lipinski definition) is 3. The number of ketones is 1. The van der Waals surface area contributed by atoms with E-state index >= 15 is 0 Å². The molecule has 3 nitrogen and oxygen atoms in total. The van der Waals surface area contributed by atoms with Crippen LogP contribution >= 0.6 is 0 Å². The van der Waals surface area contributed by atoms with Gasteiger partial charge in [0.15, 0.2) is 0 Å². The molecule has 0 radical (unpaired) electrons. The zero-order valence-corrected chi connectivity index (χ0v) is 19.6. The van der Waals surface area contributed by atoms with Crippen LogP contribution in [0.15, 0.2) is 0 Å². The Labute approximate surface area is 178 Å². The first-order valence-corrected chi connectivity index (χ1v) is 12.5. The molecule has 4 saturated carbocycles. The summed E-state index contributed by atoms with van der Waals surface area (Å²) in [6.07, 6.45) is 13.8. The molecule has 7 atom stereocenters. The Hall–Kier alpha value is -0.860. The molecule has 0 spiro atoms. The zero-order chi connectivity index (χ0) is 21.2. The molecule has 0 amide bonds. The highest BCUT2D eigenvalue weighted by atomic mass is 16.5. The monoisotopic (exact) mass is 404 g/mol. The number of hydrogen-bond donors (Lipinski definition) is 0. The smallest absolute Gasteiger partial charge is 0.305 e. The lowest BCUT2D eigenvalue weighted by Gasteiger charge is -2.59. The second-order valence-corrected chi connectivity index (χ2v) is 10.6. The Kier molecular flexibility index (Phi) is 7.16. The fourth-order valence-corrected chi connectivity index (χ4v) is 8.14. The Bertz CT molecular complexity index is 599. The maximum atomic E-state index is 13.3. The normalized spacial score (nSPS) is 43.3. The fraction of sp³-hybridized carbons (Fsp3) is 0.923. The van der Waals surface area contributed by atoms with Crippen molar-refractivity contribution < 1.29 is 14.3 Å². The number of carbonyl (C=O) groups is 2. The van der Waals surface area contributed by atoms with E-state index in [-0.39, 0.29) is 5.97 Å². The molecule has 4 aliphatic rings. The number of rotatable bonds is 4. The van der Waals surface area contributed by atoms with Crippen LogP contribution in [-0.2, 0) is 14.3 Å². The number of carbonyl (C=O) groups excluding carboxylic acids is 2. The quantitative estimate of drug-likeness (QED) is 0.497. The van der Waals surface area contributed by atoms with Gasteiger partial charge < -0.3 is 4.74 Å². The van der Waals surface area contributed by atoms with Crippen LogP contribution in [0.2, 0.25) is 0 Å². The van der Waals surface area contributed by atoms with Gasteiger partial charge in [-0.05, 0) is 85.9 Å². The third-order valence-corrected chi connectivity index (χ3v) is 9.75. The van der Waals surface area contributed by atoms with Crippen LogP contribution in [0.4, 0.5) is 0 Å². The van der Waals surface area contributed by atoms with Gasteiger partial charge in [0.1, 0.15) is 5.78 Å². The summed E-state index contributed by atoms with van der Waals surface area (Å²) >= 11 is 0. The van der Waals surface area contributed by atoms with E-state index in [0.717, 1.165) is 19.3 Å². The highest BCUT2D eigenvalue weighted by molar-refractivity contribution is 5.83. The summed E-state index contributed by atoms with van der Waals surface area (Å²) in [6.45, 7) is 9.01. The van der Waals surface area contributed by atoms with Gasteiger partial charge in [0.05, 0.1) is 7.11 Å². The average molecular weight is 405 g/mol. The topological polar surface area (TPSA) is 43.4 Å². The summed E-state index contributed by atoms with van der Waals surface area (Å²) in [7, 11) is 1.48. The third-order valence-electron chi connectivity index (χ3n) is 9.75. The van der Waals surface area contributed by atoms with E-state index in [4.69, 9.17) is 4.74 Å². The predicted molar refractivity (Wildman–Crippen MR) is 117 cm³/mol. The van der Waals surface area contributed by atoms with Crippen molar-refractivity contribution in [2.75, 3.05) is 7.11 Å². The highest BCUT2D eigenvalue weighted by Gasteiger charge is 2.61. The van der Waals surface area contributed by atoms with Crippen LogP contribution in [0.5, 0.6) is 0 Å². The van der Waals surface area contributed by atoms with Gasteiger partial charge in [0.2, 0.25) is 0 Å². The van der Waals surface area contributed by atoms with Crippen molar-refractivity contribution in [3.63, 3.8) is 0 Å². The lowest BCUT2D eigenvalue weighted by Crippen LogP contribution is -2.56. The van der Waals surface area contributed by atoms with Gasteiger partial charge in [-0.1, -0.05) is 40.5 Å². The Morgan fingerprint density at radius 3 is 2.45 bits per heavy atom. The van der Waals surface area contributed by atoms with Crippen LogP contribution in [0.25, 0.3) is 0 Å². The van der Waals surface area contributed by atoms with E-state index in [1.807, 2.05) is 13.8 Å². The summed E-state index contributed by atoms with van der Waals surface area (Å²) in [5.74, 6) is 3.41. The SMILES string of the molecule is CC.COC(=O)CCCC1CCC2C3C(=O)CC4CCCCC4(C)C3CCC12C. The van der Waals surface area contributed by atoms with Crippen LogP contribution < -0.4 is 0 Å². The van der Waals surface area contributed by atoms with E-state index in [9.17, 15) is 9.59 Å². The maximum Gasteiger partial charge on any atom is 0.305 e. The molecular formula is C26H44O3. The number of esters is 1. The van der Waals surface area contributed by atoms with Crippen LogP contribution in [0.3, 0.4) is 0 Å². The van der Waals surface area contributed by atoms with E-state index in [0.29, 0.717) is 52.6 Å². The second-order valence-electron chi connectivity index (χ2n) is 10.6. The van der Waals surface area contributed by atoms with E-state index in [1.54, 1.807) is 0 Å². The van der Waals surface area contributed by atoms with Crippen molar-refractivity contribution in [2.45, 2.75) is 105 Å². The molecular weight excluding hydrogens is 360 g/mol. The van der Waals surface area contributed by atoms with Crippen LogP contribution in [-0.4, -0.2) is 18.9 Å². The number of fused-ring (bicyclic) bond motifs is 5. The number of Topliss-reactive ketones (excluding diaryl/α,β-unsaturated/α-hetero) is 1. The minimum Gasteiger partial charge on any atom is -0.469 e. The predicted octanol–water partition coefficient (Wildman–Crippen LogP) is 6.58. The van der Waals surface area contributed by atoms with Crippen LogP contribution in [0, 0.1) is 40.4 Å². The van der Waals surface area contributed by atoms with Crippen molar-refractivity contribution in [1.29, 1.82) is 0 Å². The van der Waals surface area contributed by atoms with E-state index < -0.39 is 0 Å². The second kappa shape index (κ2) is 9.10. The van der Waals surface area contributed by atoms with Gasteiger partial charge in [-0.3, -0.25) is 9.59 Å². The number of methoxy groups -OCH3 is 1.